The van der Waals surface area contributed by atoms with Crippen molar-refractivity contribution in [2.24, 2.45) is 0 Å². The van der Waals surface area contributed by atoms with Crippen LogP contribution in [-0.2, 0) is 11.3 Å². The molecule has 128 valence electrons. The lowest BCUT2D eigenvalue weighted by Crippen LogP contribution is -2.45. The Kier molecular flexibility index (Phi) is 4.09. The van der Waals surface area contributed by atoms with Crippen molar-refractivity contribution in [2.45, 2.75) is 51.2 Å². The summed E-state index contributed by atoms with van der Waals surface area (Å²) < 4.78 is 2.17. The molecule has 0 bridgehead atoms. The fraction of sp³-hybridized carbons (Fsp3) is 0.550. The predicted molar refractivity (Wildman–Crippen MR) is 97.1 cm³/mol. The van der Waals surface area contributed by atoms with Gasteiger partial charge < -0.3 is 14.4 Å². The summed E-state index contributed by atoms with van der Waals surface area (Å²) in [5.41, 5.74) is 2.33. The first kappa shape index (κ1) is 15.7. The Balaban J connectivity index is 1.56. The first-order valence-electron chi connectivity index (χ1n) is 9.20. The molecule has 1 amide bonds. The van der Waals surface area contributed by atoms with Crippen LogP contribution in [0.4, 0.5) is 0 Å². The van der Waals surface area contributed by atoms with E-state index in [-0.39, 0.29) is 5.91 Å². The molecule has 3 heterocycles. The molecule has 0 unspecified atom stereocenters. The minimum atomic E-state index is 0.280. The summed E-state index contributed by atoms with van der Waals surface area (Å²) in [5, 5.41) is 1.22. The molecule has 2 aliphatic rings. The second kappa shape index (κ2) is 6.25. The molecular formula is C20H27N3O. The predicted octanol–water partition coefficient (Wildman–Crippen LogP) is 3.03. The number of likely N-dealkylation sites (tertiary alicyclic amines) is 2. The minimum absolute atomic E-state index is 0.280. The van der Waals surface area contributed by atoms with E-state index in [1.54, 1.807) is 0 Å². The van der Waals surface area contributed by atoms with Crippen LogP contribution in [0.25, 0.3) is 10.9 Å². The Labute approximate surface area is 144 Å². The normalized spacial score (nSPS) is 25.0. The van der Waals surface area contributed by atoms with Gasteiger partial charge >= 0.3 is 0 Å². The molecule has 0 spiro atoms. The molecule has 0 N–H and O–H groups in total. The van der Waals surface area contributed by atoms with Crippen LogP contribution in [0.2, 0.25) is 0 Å². The molecular weight excluding hydrogens is 298 g/mol. The fourth-order valence-electron chi connectivity index (χ4n) is 4.67. The van der Waals surface area contributed by atoms with Gasteiger partial charge in [-0.05, 0) is 57.3 Å². The van der Waals surface area contributed by atoms with Crippen molar-refractivity contribution < 1.29 is 4.79 Å². The summed E-state index contributed by atoms with van der Waals surface area (Å²) in [6.45, 7) is 4.65. The van der Waals surface area contributed by atoms with Crippen LogP contribution in [-0.4, -0.2) is 52.5 Å². The van der Waals surface area contributed by atoms with Crippen molar-refractivity contribution in [3.05, 3.63) is 36.0 Å². The monoisotopic (exact) mass is 325 g/mol. The van der Waals surface area contributed by atoms with Crippen LogP contribution < -0.4 is 0 Å². The van der Waals surface area contributed by atoms with Crippen LogP contribution in [0.3, 0.4) is 0 Å². The first-order chi connectivity index (χ1) is 11.6. The van der Waals surface area contributed by atoms with E-state index >= 15 is 0 Å². The second-order valence-electron chi connectivity index (χ2n) is 7.42. The number of fused-ring (bicyclic) bond motifs is 2. The summed E-state index contributed by atoms with van der Waals surface area (Å²) in [4.78, 5) is 17.7. The van der Waals surface area contributed by atoms with Crippen molar-refractivity contribution in [2.75, 3.05) is 20.1 Å². The third-order valence-corrected chi connectivity index (χ3v) is 5.97. The van der Waals surface area contributed by atoms with Gasteiger partial charge in [0.25, 0.3) is 0 Å². The third-order valence-electron chi connectivity index (χ3n) is 5.97. The number of hydrogen-bond acceptors (Lipinski definition) is 2. The number of rotatable bonds is 2. The number of benzene rings is 1. The Morgan fingerprint density at radius 1 is 1.12 bits per heavy atom. The van der Waals surface area contributed by atoms with Gasteiger partial charge in [0.2, 0.25) is 5.91 Å². The molecule has 2 fully saturated rings. The number of carbonyl (C=O) groups is 1. The number of aryl methyl sites for hydroxylation is 1. The molecule has 1 aromatic carbocycles. The van der Waals surface area contributed by atoms with Gasteiger partial charge in [0.05, 0.1) is 0 Å². The number of nitrogens with zero attached hydrogens (tertiary/aromatic N) is 3. The zero-order valence-corrected chi connectivity index (χ0v) is 14.7. The van der Waals surface area contributed by atoms with E-state index in [9.17, 15) is 4.79 Å². The van der Waals surface area contributed by atoms with E-state index in [4.69, 9.17) is 0 Å². The van der Waals surface area contributed by atoms with Crippen LogP contribution in [0, 0.1) is 6.92 Å². The fourth-order valence-corrected chi connectivity index (χ4v) is 4.67. The number of carbonyl (C=O) groups excluding carboxylic acids is 1. The molecule has 24 heavy (non-hydrogen) atoms. The Bertz CT molecular complexity index is 750. The molecule has 4 heteroatoms. The van der Waals surface area contributed by atoms with E-state index in [1.807, 2.05) is 0 Å². The van der Waals surface area contributed by atoms with Crippen molar-refractivity contribution in [1.82, 2.24) is 14.4 Å². The molecule has 4 nitrogen and oxygen atoms in total. The number of hydrogen-bond donors (Lipinski definition) is 0. The maximum Gasteiger partial charge on any atom is 0.242 e. The summed E-state index contributed by atoms with van der Waals surface area (Å²) in [6, 6.07) is 11.5. The molecule has 4 rings (SSSR count). The van der Waals surface area contributed by atoms with Gasteiger partial charge in [-0.3, -0.25) is 4.79 Å². The van der Waals surface area contributed by atoms with Gasteiger partial charge in [0.15, 0.2) is 0 Å². The number of likely N-dealkylation sites (N-methyl/N-ethyl adjacent to an activating group) is 1. The van der Waals surface area contributed by atoms with E-state index < -0.39 is 0 Å². The van der Waals surface area contributed by atoms with Crippen molar-refractivity contribution in [3.8, 4) is 0 Å². The Hall–Kier alpha value is -1.81. The van der Waals surface area contributed by atoms with Crippen LogP contribution in [0.5, 0.6) is 0 Å². The van der Waals surface area contributed by atoms with E-state index in [0.717, 1.165) is 24.9 Å². The second-order valence-corrected chi connectivity index (χ2v) is 7.42. The van der Waals surface area contributed by atoms with Crippen molar-refractivity contribution in [1.29, 1.82) is 0 Å². The first-order valence-corrected chi connectivity index (χ1v) is 9.20. The molecule has 2 aliphatic heterocycles. The average Bonchev–Trinajstić information content (AvgIpc) is 3.08. The topological polar surface area (TPSA) is 28.5 Å². The minimum Gasteiger partial charge on any atom is -0.337 e. The number of amides is 1. The standard InChI is InChI=1S/C20H27N3O/c1-15-13-16-7-3-4-8-17(16)23(15)14-20(24)22-12-10-18-19(22)9-5-6-11-21(18)2/h3-4,7-8,13,18-19H,5-6,9-12,14H2,1-2H3/t18-,19-/m1/s1. The molecule has 0 radical (unpaired) electrons. The maximum atomic E-state index is 13.1. The van der Waals surface area contributed by atoms with Crippen molar-refractivity contribution >= 4 is 16.8 Å². The summed E-state index contributed by atoms with van der Waals surface area (Å²) in [5.74, 6) is 0.280. The molecule has 2 saturated heterocycles. The summed E-state index contributed by atoms with van der Waals surface area (Å²) in [7, 11) is 2.22. The zero-order valence-electron chi connectivity index (χ0n) is 14.7. The van der Waals surface area contributed by atoms with Gasteiger partial charge in [0.1, 0.15) is 6.54 Å². The van der Waals surface area contributed by atoms with Crippen molar-refractivity contribution in [3.63, 3.8) is 0 Å². The average molecular weight is 325 g/mol. The van der Waals surface area contributed by atoms with Gasteiger partial charge in [-0.15, -0.1) is 0 Å². The highest BCUT2D eigenvalue weighted by atomic mass is 16.2. The lowest BCUT2D eigenvalue weighted by molar-refractivity contribution is -0.133. The Morgan fingerprint density at radius 2 is 1.96 bits per heavy atom. The van der Waals surface area contributed by atoms with E-state index in [0.29, 0.717) is 18.6 Å². The highest BCUT2D eigenvalue weighted by molar-refractivity contribution is 5.84. The lowest BCUT2D eigenvalue weighted by Gasteiger charge is -2.31. The highest BCUT2D eigenvalue weighted by Gasteiger charge is 2.39. The molecule has 0 aliphatic carbocycles. The van der Waals surface area contributed by atoms with Crippen LogP contribution in [0.1, 0.15) is 31.4 Å². The number of aromatic nitrogens is 1. The maximum absolute atomic E-state index is 13.1. The van der Waals surface area contributed by atoms with E-state index in [2.05, 4.69) is 58.7 Å². The van der Waals surface area contributed by atoms with Gasteiger partial charge in [-0.2, -0.15) is 0 Å². The van der Waals surface area contributed by atoms with Crippen LogP contribution >= 0.6 is 0 Å². The largest absolute Gasteiger partial charge is 0.337 e. The SMILES string of the molecule is Cc1cc2ccccc2n1CC(=O)N1CC[C@@H]2[C@H]1CCCCN2C. The highest BCUT2D eigenvalue weighted by Crippen LogP contribution is 2.30. The van der Waals surface area contributed by atoms with Gasteiger partial charge in [0, 0.05) is 29.8 Å². The molecule has 0 saturated carbocycles. The molecule has 2 aromatic rings. The van der Waals surface area contributed by atoms with Crippen LogP contribution in [0.15, 0.2) is 30.3 Å². The quantitative estimate of drug-likeness (QED) is 0.849. The Morgan fingerprint density at radius 3 is 2.83 bits per heavy atom. The van der Waals surface area contributed by atoms with Gasteiger partial charge in [-0.25, -0.2) is 0 Å². The lowest BCUT2D eigenvalue weighted by atomic mass is 10.0. The molecule has 1 aromatic heterocycles. The van der Waals surface area contributed by atoms with Gasteiger partial charge in [-0.1, -0.05) is 24.6 Å². The van der Waals surface area contributed by atoms with E-state index in [1.165, 1.54) is 30.5 Å². The third kappa shape index (κ3) is 2.63. The zero-order chi connectivity index (χ0) is 16.7. The summed E-state index contributed by atoms with van der Waals surface area (Å²) in [6.07, 6.45) is 4.78. The summed E-state index contributed by atoms with van der Waals surface area (Å²) >= 11 is 0. The molecule has 2 atom stereocenters. The smallest absolute Gasteiger partial charge is 0.242 e. The number of para-hydroxylation sites is 1.